The molecule has 1 aromatic rings. The zero-order valence-electron chi connectivity index (χ0n) is 21.0. The molecule has 196 valence electrons. The van der Waals surface area contributed by atoms with Crippen molar-refractivity contribution < 1.29 is 14.4 Å². The van der Waals surface area contributed by atoms with E-state index in [2.05, 4.69) is 38.7 Å². The number of anilines is 2. The van der Waals surface area contributed by atoms with Gasteiger partial charge in [0.1, 0.15) is 16.7 Å². The zero-order valence-corrected chi connectivity index (χ0v) is 21.9. The van der Waals surface area contributed by atoms with E-state index in [1.165, 1.54) is 11.8 Å². The SMILES string of the molecule is C#CCNC(=O)[C@@H](N)C1S[C@H](CNc2ccc(NC(=O)CCN3CCN(C)CC3)cc2)C(=O)N1CC. The average Bonchev–Trinajstić information content (AvgIpc) is 3.21. The number of hydrogen-bond acceptors (Lipinski definition) is 8. The molecule has 0 bridgehead atoms. The maximum Gasteiger partial charge on any atom is 0.240 e. The van der Waals surface area contributed by atoms with E-state index in [1.807, 2.05) is 31.2 Å². The molecule has 1 aromatic carbocycles. The molecule has 1 unspecified atom stereocenters. The van der Waals surface area contributed by atoms with Crippen LogP contribution < -0.4 is 21.7 Å². The molecule has 3 atom stereocenters. The van der Waals surface area contributed by atoms with E-state index in [1.54, 1.807) is 4.90 Å². The van der Waals surface area contributed by atoms with Crippen LogP contribution in [0.2, 0.25) is 0 Å². The summed E-state index contributed by atoms with van der Waals surface area (Å²) in [4.78, 5) is 43.7. The molecule has 0 radical (unpaired) electrons. The van der Waals surface area contributed by atoms with Gasteiger partial charge in [-0.2, -0.15) is 0 Å². The second-order valence-corrected chi connectivity index (χ2v) is 10.3. The van der Waals surface area contributed by atoms with Crippen molar-refractivity contribution in [2.45, 2.75) is 30.0 Å². The monoisotopic (exact) mass is 515 g/mol. The molecule has 0 saturated carbocycles. The van der Waals surface area contributed by atoms with Crippen LogP contribution in [0.1, 0.15) is 13.3 Å². The van der Waals surface area contributed by atoms with Gasteiger partial charge in [-0.05, 0) is 38.2 Å². The maximum absolute atomic E-state index is 12.9. The van der Waals surface area contributed by atoms with E-state index in [0.717, 1.165) is 44.1 Å². The van der Waals surface area contributed by atoms with E-state index < -0.39 is 11.4 Å². The number of nitrogens with one attached hydrogen (secondary N) is 3. The van der Waals surface area contributed by atoms with Crippen LogP contribution in [0.25, 0.3) is 0 Å². The Morgan fingerprint density at radius 3 is 2.50 bits per heavy atom. The number of piperazine rings is 1. The number of nitrogens with zero attached hydrogens (tertiary/aromatic N) is 3. The van der Waals surface area contributed by atoms with Crippen LogP contribution in [-0.2, 0) is 14.4 Å². The maximum atomic E-state index is 12.9. The fourth-order valence-electron chi connectivity index (χ4n) is 4.18. The minimum atomic E-state index is -0.864. The summed E-state index contributed by atoms with van der Waals surface area (Å²) in [5.74, 6) is 1.93. The molecule has 0 aromatic heterocycles. The first-order valence-electron chi connectivity index (χ1n) is 12.3. The highest BCUT2D eigenvalue weighted by Crippen LogP contribution is 2.33. The van der Waals surface area contributed by atoms with Crippen molar-refractivity contribution in [3.63, 3.8) is 0 Å². The minimum absolute atomic E-state index is 0.00379. The molecule has 2 aliphatic heterocycles. The Bertz CT molecular complexity index is 944. The molecule has 2 fully saturated rings. The summed E-state index contributed by atoms with van der Waals surface area (Å²) in [6.07, 6.45) is 5.66. The first-order chi connectivity index (χ1) is 17.3. The summed E-state index contributed by atoms with van der Waals surface area (Å²) in [5.41, 5.74) is 7.70. The van der Waals surface area contributed by atoms with E-state index in [-0.39, 0.29) is 29.5 Å². The van der Waals surface area contributed by atoms with Crippen LogP contribution in [0.5, 0.6) is 0 Å². The lowest BCUT2D eigenvalue weighted by Gasteiger charge is -2.32. The first kappa shape index (κ1) is 27.8. The number of carbonyl (C=O) groups is 3. The number of hydrogen-bond donors (Lipinski definition) is 4. The third kappa shape index (κ3) is 7.61. The fraction of sp³-hybridized carbons (Fsp3) is 0.560. The van der Waals surface area contributed by atoms with Gasteiger partial charge in [0.05, 0.1) is 6.54 Å². The van der Waals surface area contributed by atoms with Crippen LogP contribution in [0, 0.1) is 12.3 Å². The number of thioether (sulfide) groups is 1. The van der Waals surface area contributed by atoms with Crippen LogP contribution >= 0.6 is 11.8 Å². The molecule has 11 heteroatoms. The van der Waals surface area contributed by atoms with Gasteiger partial charge in [-0.3, -0.25) is 14.4 Å². The third-order valence-electron chi connectivity index (χ3n) is 6.40. The van der Waals surface area contributed by atoms with E-state index in [9.17, 15) is 14.4 Å². The van der Waals surface area contributed by atoms with Crippen molar-refractivity contribution in [2.24, 2.45) is 5.73 Å². The van der Waals surface area contributed by atoms with Crippen molar-refractivity contribution in [3.05, 3.63) is 24.3 Å². The number of likely N-dealkylation sites (N-methyl/N-ethyl adjacent to an activating group) is 2. The van der Waals surface area contributed by atoms with Crippen LogP contribution in [0.4, 0.5) is 11.4 Å². The van der Waals surface area contributed by atoms with Crippen molar-refractivity contribution in [1.29, 1.82) is 0 Å². The Kier molecular flexibility index (Phi) is 10.4. The summed E-state index contributed by atoms with van der Waals surface area (Å²) >= 11 is 1.38. The summed E-state index contributed by atoms with van der Waals surface area (Å²) < 4.78 is 0. The highest BCUT2D eigenvalue weighted by atomic mass is 32.2. The van der Waals surface area contributed by atoms with Gasteiger partial charge < -0.3 is 36.4 Å². The molecule has 3 rings (SSSR count). The van der Waals surface area contributed by atoms with Gasteiger partial charge >= 0.3 is 0 Å². The lowest BCUT2D eigenvalue weighted by molar-refractivity contribution is -0.131. The summed E-state index contributed by atoms with van der Waals surface area (Å²) in [5, 5.41) is 7.99. The van der Waals surface area contributed by atoms with Gasteiger partial charge in [-0.15, -0.1) is 18.2 Å². The Morgan fingerprint density at radius 1 is 1.19 bits per heavy atom. The molecule has 2 heterocycles. The molecule has 10 nitrogen and oxygen atoms in total. The Labute approximate surface area is 217 Å². The normalized spacial score (nSPS) is 21.6. The molecule has 0 spiro atoms. The zero-order chi connectivity index (χ0) is 26.1. The molecule has 3 amide bonds. The Morgan fingerprint density at radius 2 is 1.86 bits per heavy atom. The lowest BCUT2D eigenvalue weighted by atomic mass is 10.2. The van der Waals surface area contributed by atoms with Crippen molar-refractivity contribution in [2.75, 3.05) is 70.0 Å². The Hall–Kier alpha value is -2.78. The van der Waals surface area contributed by atoms with Gasteiger partial charge in [0.15, 0.2) is 0 Å². The highest BCUT2D eigenvalue weighted by molar-refractivity contribution is 8.01. The van der Waals surface area contributed by atoms with Crippen LogP contribution in [-0.4, -0.2) is 108 Å². The smallest absolute Gasteiger partial charge is 0.240 e. The number of terminal acetylenes is 1. The summed E-state index contributed by atoms with van der Waals surface area (Å²) in [7, 11) is 2.11. The largest absolute Gasteiger partial charge is 0.383 e. The van der Waals surface area contributed by atoms with Crippen molar-refractivity contribution >= 4 is 40.9 Å². The molecule has 2 aliphatic rings. The molecular weight excluding hydrogens is 478 g/mol. The molecule has 0 aliphatic carbocycles. The van der Waals surface area contributed by atoms with Gasteiger partial charge in [-0.1, -0.05) is 5.92 Å². The highest BCUT2D eigenvalue weighted by Gasteiger charge is 2.44. The third-order valence-corrected chi connectivity index (χ3v) is 7.92. The second-order valence-electron chi connectivity index (χ2n) is 8.99. The number of nitrogens with two attached hydrogens (primary N) is 1. The standard InChI is InChI=1S/C25H37N7O3S/c1-4-11-27-23(34)22(26)25-32(5-2)24(35)20(36-25)17-28-18-6-8-19(9-7-18)29-21(33)10-12-31-15-13-30(3)14-16-31/h1,6-9,20,22,25,28H,5,10-17,26H2,2-3H3,(H,27,34)(H,29,33)/t20-,22-,25?/m1/s1. The van der Waals surface area contributed by atoms with E-state index >= 15 is 0 Å². The first-order valence-corrected chi connectivity index (χ1v) is 13.2. The molecule has 5 N–H and O–H groups in total. The topological polar surface area (TPSA) is 123 Å². The average molecular weight is 516 g/mol. The number of amides is 3. The van der Waals surface area contributed by atoms with Crippen molar-refractivity contribution in [1.82, 2.24) is 20.0 Å². The molecular formula is C25H37N7O3S. The van der Waals surface area contributed by atoms with Gasteiger partial charge in [-0.25, -0.2) is 0 Å². The fourth-order valence-corrected chi connectivity index (χ4v) is 5.64. The van der Waals surface area contributed by atoms with Gasteiger partial charge in [0, 0.05) is 63.6 Å². The van der Waals surface area contributed by atoms with Crippen molar-refractivity contribution in [3.8, 4) is 12.3 Å². The van der Waals surface area contributed by atoms with Crippen LogP contribution in [0.3, 0.4) is 0 Å². The van der Waals surface area contributed by atoms with Gasteiger partial charge in [0.25, 0.3) is 0 Å². The number of carbonyl (C=O) groups excluding carboxylic acids is 3. The van der Waals surface area contributed by atoms with E-state index in [0.29, 0.717) is 19.5 Å². The quantitative estimate of drug-likeness (QED) is 0.305. The summed E-state index contributed by atoms with van der Waals surface area (Å²) in [6, 6.07) is 6.55. The lowest BCUT2D eigenvalue weighted by Crippen LogP contribution is -2.52. The number of rotatable bonds is 11. The number of benzene rings is 1. The summed E-state index contributed by atoms with van der Waals surface area (Å²) in [6.45, 7) is 7.64. The second kappa shape index (κ2) is 13.5. The predicted octanol–water partition coefficient (Wildman–Crippen LogP) is 0.0412. The Balaban J connectivity index is 1.45. The molecule has 2 saturated heterocycles. The van der Waals surface area contributed by atoms with E-state index in [4.69, 9.17) is 12.2 Å². The predicted molar refractivity (Wildman–Crippen MR) is 144 cm³/mol. The minimum Gasteiger partial charge on any atom is -0.383 e. The van der Waals surface area contributed by atoms with Crippen LogP contribution in [0.15, 0.2) is 24.3 Å². The molecule has 36 heavy (non-hydrogen) atoms. The van der Waals surface area contributed by atoms with Gasteiger partial charge in [0.2, 0.25) is 17.7 Å².